The van der Waals surface area contributed by atoms with Crippen molar-refractivity contribution < 1.29 is 19.2 Å². The molecular weight excluding hydrogens is 320 g/mol. The molecule has 1 aromatic heterocycles. The van der Waals surface area contributed by atoms with Gasteiger partial charge in [-0.3, -0.25) is 4.79 Å². The minimum absolute atomic E-state index is 0.127. The summed E-state index contributed by atoms with van der Waals surface area (Å²) in [6, 6.07) is 4.79. The normalized spacial score (nSPS) is 13.0. The van der Waals surface area contributed by atoms with E-state index in [0.29, 0.717) is 22.8 Å². The van der Waals surface area contributed by atoms with Crippen molar-refractivity contribution in [2.24, 2.45) is 5.10 Å². The van der Waals surface area contributed by atoms with Gasteiger partial charge in [0.1, 0.15) is 0 Å². The zero-order chi connectivity index (χ0) is 17.1. The van der Waals surface area contributed by atoms with Gasteiger partial charge in [-0.05, 0) is 30.0 Å². The predicted molar refractivity (Wildman–Crippen MR) is 79.8 cm³/mol. The van der Waals surface area contributed by atoms with E-state index in [4.69, 9.17) is 9.47 Å². The molecule has 1 aliphatic heterocycles. The van der Waals surface area contributed by atoms with Crippen molar-refractivity contribution in [2.75, 3.05) is 6.79 Å². The molecule has 11 heteroatoms. The van der Waals surface area contributed by atoms with Crippen molar-refractivity contribution in [2.45, 2.75) is 13.5 Å². The second-order valence-corrected chi connectivity index (χ2v) is 4.86. The number of carbonyl (C=O) groups excluding carboxylic acids is 1. The molecule has 1 N–H and O–H groups in total. The van der Waals surface area contributed by atoms with Gasteiger partial charge in [-0.2, -0.15) is 9.78 Å². The van der Waals surface area contributed by atoms with Gasteiger partial charge < -0.3 is 19.6 Å². The van der Waals surface area contributed by atoms with Crippen LogP contribution in [0.15, 0.2) is 29.6 Å². The number of aromatic nitrogens is 3. The fourth-order valence-corrected chi connectivity index (χ4v) is 1.96. The highest BCUT2D eigenvalue weighted by molar-refractivity contribution is 5.95. The molecule has 0 atom stereocenters. The number of amides is 1. The fraction of sp³-hybridized carbons (Fsp3) is 0.231. The molecule has 0 fully saturated rings. The zero-order valence-electron chi connectivity index (χ0n) is 12.5. The molecule has 1 aliphatic rings. The second-order valence-electron chi connectivity index (χ2n) is 4.86. The molecule has 0 bridgehead atoms. The Morgan fingerprint density at radius 2 is 2.25 bits per heavy atom. The smallest absolute Gasteiger partial charge is 0.454 e. The van der Waals surface area contributed by atoms with Crippen LogP contribution in [0.1, 0.15) is 17.3 Å². The highest BCUT2D eigenvalue weighted by Crippen LogP contribution is 2.32. The number of benzene rings is 1. The van der Waals surface area contributed by atoms with Gasteiger partial charge in [0.15, 0.2) is 11.5 Å². The van der Waals surface area contributed by atoms with E-state index >= 15 is 0 Å². The van der Waals surface area contributed by atoms with E-state index in [1.807, 2.05) is 0 Å². The van der Waals surface area contributed by atoms with Gasteiger partial charge in [-0.1, -0.05) is 4.98 Å². The van der Waals surface area contributed by atoms with Crippen LogP contribution < -0.4 is 14.9 Å². The van der Waals surface area contributed by atoms with Crippen LogP contribution >= 0.6 is 0 Å². The van der Waals surface area contributed by atoms with Gasteiger partial charge in [0.05, 0.1) is 12.3 Å². The number of rotatable bonds is 5. The van der Waals surface area contributed by atoms with E-state index in [0.717, 1.165) is 0 Å². The van der Waals surface area contributed by atoms with Crippen molar-refractivity contribution in [3.05, 3.63) is 40.2 Å². The molecule has 0 aliphatic carbocycles. The molecular formula is C13H12N6O5. The zero-order valence-corrected chi connectivity index (χ0v) is 12.5. The highest BCUT2D eigenvalue weighted by Gasteiger charge is 2.16. The predicted octanol–water partition coefficient (Wildman–Crippen LogP) is 0.721. The molecule has 24 heavy (non-hydrogen) atoms. The Morgan fingerprint density at radius 1 is 1.46 bits per heavy atom. The van der Waals surface area contributed by atoms with E-state index in [1.54, 1.807) is 25.1 Å². The lowest BCUT2D eigenvalue weighted by Crippen LogP contribution is -2.20. The van der Waals surface area contributed by atoms with Crippen LogP contribution in [0, 0.1) is 10.1 Å². The second kappa shape index (κ2) is 6.32. The molecule has 2 aromatic rings. The SMILES string of the molecule is C/C(Cn1cnc([N+](=O)[O-])n1)=N/NC(=O)c1ccc2c(c1)OCO2. The standard InChI is InChI=1S/C13H12N6O5/c1-8(5-18-6-14-13(17-18)19(21)22)15-16-12(20)9-2-3-10-11(4-9)24-7-23-10/h2-4,6H,5,7H2,1H3,(H,16,20)/b15-8-. The lowest BCUT2D eigenvalue weighted by molar-refractivity contribution is -0.394. The molecule has 2 heterocycles. The Balaban J connectivity index is 1.61. The number of fused-ring (bicyclic) bond motifs is 1. The van der Waals surface area contributed by atoms with E-state index in [1.165, 1.54) is 11.0 Å². The number of hydrazone groups is 1. The van der Waals surface area contributed by atoms with Crippen molar-refractivity contribution in [1.29, 1.82) is 0 Å². The number of hydrogen-bond donors (Lipinski definition) is 1. The van der Waals surface area contributed by atoms with Gasteiger partial charge in [0, 0.05) is 10.7 Å². The molecule has 3 rings (SSSR count). The minimum atomic E-state index is -0.690. The van der Waals surface area contributed by atoms with Crippen LogP contribution in [-0.4, -0.2) is 38.1 Å². The maximum Gasteiger partial charge on any atom is 0.490 e. The third-order valence-electron chi connectivity index (χ3n) is 3.06. The molecule has 1 aromatic carbocycles. The highest BCUT2D eigenvalue weighted by atomic mass is 16.7. The van der Waals surface area contributed by atoms with Crippen LogP contribution in [0.4, 0.5) is 5.95 Å². The van der Waals surface area contributed by atoms with Crippen LogP contribution in [0.5, 0.6) is 11.5 Å². The van der Waals surface area contributed by atoms with E-state index in [2.05, 4.69) is 20.6 Å². The molecule has 124 valence electrons. The Kier molecular flexibility index (Phi) is 4.05. The number of nitro groups is 1. The average molecular weight is 332 g/mol. The van der Waals surface area contributed by atoms with Gasteiger partial charge in [-0.15, -0.1) is 0 Å². The summed E-state index contributed by atoms with van der Waals surface area (Å²) in [5.41, 5.74) is 3.25. The Hall–Kier alpha value is -3.50. The largest absolute Gasteiger partial charge is 0.490 e. The molecule has 0 saturated heterocycles. The first-order valence-corrected chi connectivity index (χ1v) is 6.80. The fourth-order valence-electron chi connectivity index (χ4n) is 1.96. The van der Waals surface area contributed by atoms with Gasteiger partial charge in [-0.25, -0.2) is 5.43 Å². The van der Waals surface area contributed by atoms with E-state index in [9.17, 15) is 14.9 Å². The Labute approximate surface area is 135 Å². The maximum atomic E-state index is 12.1. The third kappa shape index (κ3) is 3.29. The minimum Gasteiger partial charge on any atom is -0.454 e. The van der Waals surface area contributed by atoms with Crippen LogP contribution in [0.3, 0.4) is 0 Å². The van der Waals surface area contributed by atoms with Crippen LogP contribution in [0.2, 0.25) is 0 Å². The Bertz CT molecular complexity index is 830. The first kappa shape index (κ1) is 15.4. The molecule has 1 amide bonds. The molecule has 0 saturated carbocycles. The summed E-state index contributed by atoms with van der Waals surface area (Å²) < 4.78 is 11.6. The monoisotopic (exact) mass is 332 g/mol. The van der Waals surface area contributed by atoms with Crippen LogP contribution in [0.25, 0.3) is 0 Å². The molecule has 0 spiro atoms. The summed E-state index contributed by atoms with van der Waals surface area (Å²) in [5.74, 6) is 0.168. The maximum absolute atomic E-state index is 12.1. The lowest BCUT2D eigenvalue weighted by atomic mass is 10.2. The summed E-state index contributed by atoms with van der Waals surface area (Å²) in [7, 11) is 0. The summed E-state index contributed by atoms with van der Waals surface area (Å²) in [6.45, 7) is 1.93. The first-order chi connectivity index (χ1) is 11.5. The summed E-state index contributed by atoms with van der Waals surface area (Å²) in [6.07, 6.45) is 1.22. The third-order valence-corrected chi connectivity index (χ3v) is 3.06. The average Bonchev–Trinajstić information content (AvgIpc) is 3.20. The molecule has 11 nitrogen and oxygen atoms in total. The molecule has 0 radical (unpaired) electrons. The molecule has 0 unspecified atom stereocenters. The van der Waals surface area contributed by atoms with Gasteiger partial charge >= 0.3 is 5.95 Å². The number of nitrogens with zero attached hydrogens (tertiary/aromatic N) is 5. The summed E-state index contributed by atoms with van der Waals surface area (Å²) in [4.78, 5) is 25.4. The van der Waals surface area contributed by atoms with E-state index in [-0.39, 0.29) is 13.3 Å². The van der Waals surface area contributed by atoms with Gasteiger partial charge in [0.2, 0.25) is 13.1 Å². The lowest BCUT2D eigenvalue weighted by Gasteiger charge is -2.03. The van der Waals surface area contributed by atoms with Crippen molar-refractivity contribution in [3.63, 3.8) is 0 Å². The topological polar surface area (TPSA) is 134 Å². The van der Waals surface area contributed by atoms with Gasteiger partial charge in [0.25, 0.3) is 5.91 Å². The quantitative estimate of drug-likeness (QED) is 0.484. The van der Waals surface area contributed by atoms with Crippen LogP contribution in [-0.2, 0) is 6.54 Å². The number of hydrogen-bond acceptors (Lipinski definition) is 8. The summed E-state index contributed by atoms with van der Waals surface area (Å²) in [5, 5.41) is 18.1. The number of carbonyl (C=O) groups is 1. The first-order valence-electron chi connectivity index (χ1n) is 6.80. The van der Waals surface area contributed by atoms with E-state index < -0.39 is 16.8 Å². The van der Waals surface area contributed by atoms with Crippen molar-refractivity contribution >= 4 is 17.6 Å². The number of ether oxygens (including phenoxy) is 2. The summed E-state index contributed by atoms with van der Waals surface area (Å²) >= 11 is 0. The Morgan fingerprint density at radius 3 is 3.00 bits per heavy atom. The van der Waals surface area contributed by atoms with Crippen molar-refractivity contribution in [1.82, 2.24) is 20.2 Å². The number of nitrogens with one attached hydrogen (secondary N) is 1. The van der Waals surface area contributed by atoms with Crippen molar-refractivity contribution in [3.8, 4) is 11.5 Å².